The third-order valence-electron chi connectivity index (χ3n) is 2.69. The minimum absolute atomic E-state index is 0.0129. The lowest BCUT2D eigenvalue weighted by Gasteiger charge is -2.07. The first kappa shape index (κ1) is 14.1. The third-order valence-corrected chi connectivity index (χ3v) is 3.00. The van der Waals surface area contributed by atoms with E-state index in [4.69, 9.17) is 16.7 Å². The van der Waals surface area contributed by atoms with Crippen molar-refractivity contribution in [2.75, 3.05) is 5.32 Å². The highest BCUT2D eigenvalue weighted by Crippen LogP contribution is 2.21. The predicted molar refractivity (Wildman–Crippen MR) is 74.3 cm³/mol. The van der Waals surface area contributed by atoms with Gasteiger partial charge in [-0.3, -0.25) is 9.48 Å². The number of aryl methyl sites for hydroxylation is 2. The number of carbonyl (C=O) groups excluding carboxylic acids is 1. The molecule has 104 valence electrons. The maximum Gasteiger partial charge on any atom is 0.337 e. The summed E-state index contributed by atoms with van der Waals surface area (Å²) in [5.74, 6) is -1.46. The van der Waals surface area contributed by atoms with Crippen LogP contribution in [-0.2, 0) is 7.05 Å². The van der Waals surface area contributed by atoms with Gasteiger partial charge >= 0.3 is 5.97 Å². The van der Waals surface area contributed by atoms with Crippen LogP contribution in [0.4, 0.5) is 5.69 Å². The first-order valence-electron chi connectivity index (χ1n) is 5.73. The van der Waals surface area contributed by atoms with Crippen molar-refractivity contribution >= 4 is 29.2 Å². The molecule has 1 aromatic heterocycles. The van der Waals surface area contributed by atoms with Crippen LogP contribution in [0.25, 0.3) is 0 Å². The highest BCUT2D eigenvalue weighted by atomic mass is 35.5. The van der Waals surface area contributed by atoms with Gasteiger partial charge in [-0.05, 0) is 31.2 Å². The zero-order valence-electron chi connectivity index (χ0n) is 10.8. The number of benzene rings is 1. The largest absolute Gasteiger partial charge is 0.478 e. The molecule has 6 nitrogen and oxygen atoms in total. The lowest BCUT2D eigenvalue weighted by Crippen LogP contribution is -2.16. The Morgan fingerprint density at radius 3 is 2.55 bits per heavy atom. The molecule has 2 rings (SSSR count). The molecule has 0 aliphatic rings. The van der Waals surface area contributed by atoms with Crippen LogP contribution in [0.5, 0.6) is 0 Å². The number of aromatic nitrogens is 2. The van der Waals surface area contributed by atoms with Gasteiger partial charge in [0.15, 0.2) is 0 Å². The lowest BCUT2D eigenvalue weighted by atomic mass is 10.2. The molecule has 0 aliphatic heterocycles. The van der Waals surface area contributed by atoms with Crippen LogP contribution in [0.2, 0.25) is 5.02 Å². The molecule has 1 heterocycles. The van der Waals surface area contributed by atoms with E-state index in [0.29, 0.717) is 11.4 Å². The summed E-state index contributed by atoms with van der Waals surface area (Å²) in [5.41, 5.74) is 1.54. The normalized spacial score (nSPS) is 10.3. The number of nitrogens with zero attached hydrogens (tertiary/aromatic N) is 2. The van der Waals surface area contributed by atoms with Gasteiger partial charge in [-0.2, -0.15) is 5.10 Å². The van der Waals surface area contributed by atoms with Crippen LogP contribution in [0, 0.1) is 6.92 Å². The summed E-state index contributed by atoms with van der Waals surface area (Å²) in [7, 11) is 1.67. The molecule has 0 radical (unpaired) electrons. The van der Waals surface area contributed by atoms with Crippen LogP contribution in [0.1, 0.15) is 26.5 Å². The molecule has 0 aliphatic carbocycles. The maximum absolute atomic E-state index is 12.0. The summed E-state index contributed by atoms with van der Waals surface area (Å²) < 4.78 is 1.47. The number of halogens is 1. The van der Waals surface area contributed by atoms with E-state index in [-0.39, 0.29) is 16.5 Å². The molecule has 0 atom stereocenters. The number of amides is 1. The van der Waals surface area contributed by atoms with Crippen molar-refractivity contribution < 1.29 is 14.7 Å². The average molecular weight is 294 g/mol. The molecule has 2 N–H and O–H groups in total. The Morgan fingerprint density at radius 2 is 2.05 bits per heavy atom. The Morgan fingerprint density at radius 1 is 1.35 bits per heavy atom. The molecule has 0 fully saturated rings. The maximum atomic E-state index is 12.0. The molecular formula is C13H12ClN3O3. The Labute approximate surface area is 120 Å². The fourth-order valence-electron chi connectivity index (χ4n) is 1.78. The number of hydrogen-bond donors (Lipinski definition) is 2. The van der Waals surface area contributed by atoms with E-state index in [0.717, 1.165) is 5.69 Å². The van der Waals surface area contributed by atoms with E-state index in [9.17, 15) is 9.59 Å². The van der Waals surface area contributed by atoms with E-state index in [2.05, 4.69) is 10.4 Å². The molecule has 0 spiro atoms. The number of hydrogen-bond acceptors (Lipinski definition) is 3. The number of nitrogens with one attached hydrogen (secondary N) is 1. The van der Waals surface area contributed by atoms with Crippen molar-refractivity contribution in [3.8, 4) is 0 Å². The van der Waals surface area contributed by atoms with Crippen LogP contribution in [0.15, 0.2) is 24.3 Å². The second kappa shape index (κ2) is 5.34. The van der Waals surface area contributed by atoms with Gasteiger partial charge in [0.05, 0.1) is 16.3 Å². The monoisotopic (exact) mass is 293 g/mol. The zero-order valence-corrected chi connectivity index (χ0v) is 11.6. The summed E-state index contributed by atoms with van der Waals surface area (Å²) in [6, 6.07) is 5.87. The molecule has 1 aromatic carbocycles. The van der Waals surface area contributed by atoms with Crippen molar-refractivity contribution in [2.24, 2.45) is 7.05 Å². The smallest absolute Gasteiger partial charge is 0.337 e. The van der Waals surface area contributed by atoms with Gasteiger partial charge in [-0.25, -0.2) is 4.79 Å². The van der Waals surface area contributed by atoms with Crippen molar-refractivity contribution in [3.63, 3.8) is 0 Å². The first-order chi connectivity index (χ1) is 9.38. The van der Waals surface area contributed by atoms with E-state index < -0.39 is 5.97 Å². The van der Waals surface area contributed by atoms with Gasteiger partial charge in [-0.15, -0.1) is 0 Å². The van der Waals surface area contributed by atoms with Gasteiger partial charge in [0.1, 0.15) is 5.69 Å². The summed E-state index contributed by atoms with van der Waals surface area (Å²) >= 11 is 5.84. The zero-order chi connectivity index (χ0) is 14.9. The number of carbonyl (C=O) groups is 2. The third kappa shape index (κ3) is 2.80. The molecule has 0 bridgehead atoms. The minimum atomic E-state index is -1.12. The van der Waals surface area contributed by atoms with E-state index in [1.165, 1.54) is 22.9 Å². The van der Waals surface area contributed by atoms with Crippen LogP contribution in [0.3, 0.4) is 0 Å². The second-order valence-electron chi connectivity index (χ2n) is 4.25. The molecule has 1 amide bonds. The molecule has 0 unspecified atom stereocenters. The summed E-state index contributed by atoms with van der Waals surface area (Å²) in [5, 5.41) is 15.7. The fraction of sp³-hybridized carbons (Fsp3) is 0.154. The number of carboxylic acids is 1. The van der Waals surface area contributed by atoms with Crippen LogP contribution in [-0.4, -0.2) is 26.8 Å². The van der Waals surface area contributed by atoms with Gasteiger partial charge in [0.2, 0.25) is 0 Å². The number of aromatic carboxylic acids is 1. The Kier molecular flexibility index (Phi) is 3.76. The highest BCUT2D eigenvalue weighted by Gasteiger charge is 2.14. The predicted octanol–water partition coefficient (Wildman–Crippen LogP) is 2.33. The van der Waals surface area contributed by atoms with Gasteiger partial charge in [0.25, 0.3) is 5.91 Å². The fourth-order valence-corrected chi connectivity index (χ4v) is 2.05. The Hall–Kier alpha value is -2.34. The SMILES string of the molecule is Cc1cc(C(=O)Nc2ccc(C(=O)O)c(Cl)c2)n(C)n1. The van der Waals surface area contributed by atoms with E-state index in [1.807, 2.05) is 0 Å². The number of anilines is 1. The first-order valence-corrected chi connectivity index (χ1v) is 6.11. The Balaban J connectivity index is 2.22. The van der Waals surface area contributed by atoms with Gasteiger partial charge in [-0.1, -0.05) is 11.6 Å². The molecule has 0 saturated carbocycles. The highest BCUT2D eigenvalue weighted by molar-refractivity contribution is 6.33. The average Bonchev–Trinajstić information content (AvgIpc) is 2.68. The van der Waals surface area contributed by atoms with Gasteiger partial charge in [0, 0.05) is 12.7 Å². The topological polar surface area (TPSA) is 84.2 Å². The summed E-state index contributed by atoms with van der Waals surface area (Å²) in [4.78, 5) is 22.9. The summed E-state index contributed by atoms with van der Waals surface area (Å²) in [6.45, 7) is 1.79. The van der Waals surface area contributed by atoms with Crippen molar-refractivity contribution in [3.05, 3.63) is 46.2 Å². The Bertz CT molecular complexity index is 694. The molecular weight excluding hydrogens is 282 g/mol. The lowest BCUT2D eigenvalue weighted by molar-refractivity contribution is 0.0697. The molecule has 0 saturated heterocycles. The molecule has 2 aromatic rings. The quantitative estimate of drug-likeness (QED) is 0.909. The molecule has 7 heteroatoms. The minimum Gasteiger partial charge on any atom is -0.478 e. The standard InChI is InChI=1S/C13H12ClN3O3/c1-7-5-11(17(2)16-7)12(18)15-8-3-4-9(13(19)20)10(14)6-8/h3-6H,1-2H3,(H,15,18)(H,19,20). The van der Waals surface area contributed by atoms with Crippen molar-refractivity contribution in [1.82, 2.24) is 9.78 Å². The van der Waals surface area contributed by atoms with Gasteiger partial charge < -0.3 is 10.4 Å². The second-order valence-corrected chi connectivity index (χ2v) is 4.66. The van der Waals surface area contributed by atoms with Crippen LogP contribution >= 0.6 is 11.6 Å². The summed E-state index contributed by atoms with van der Waals surface area (Å²) in [6.07, 6.45) is 0. The van der Waals surface area contributed by atoms with E-state index in [1.54, 1.807) is 20.0 Å². The van der Waals surface area contributed by atoms with Crippen molar-refractivity contribution in [1.29, 1.82) is 0 Å². The van der Waals surface area contributed by atoms with Crippen LogP contribution < -0.4 is 5.32 Å². The number of carboxylic acid groups (broad SMARTS) is 1. The van der Waals surface area contributed by atoms with Crippen molar-refractivity contribution in [2.45, 2.75) is 6.92 Å². The molecule has 20 heavy (non-hydrogen) atoms. The number of rotatable bonds is 3. The van der Waals surface area contributed by atoms with E-state index >= 15 is 0 Å².